The monoisotopic (exact) mass is 627 g/mol. The molecule has 7 nitrogen and oxygen atoms in total. The Hall–Kier alpha value is -2.94. The van der Waals surface area contributed by atoms with Crippen LogP contribution in [0.3, 0.4) is 0 Å². The van der Waals surface area contributed by atoms with Crippen molar-refractivity contribution in [1.29, 1.82) is 0 Å². The molecule has 6 rings (SSSR count). The van der Waals surface area contributed by atoms with Crippen molar-refractivity contribution in [1.82, 2.24) is 4.90 Å². The summed E-state index contributed by atoms with van der Waals surface area (Å²) in [7, 11) is 0. The highest BCUT2D eigenvalue weighted by atomic mass is 79.9. The zero-order valence-electron chi connectivity index (χ0n) is 22.0. The molecule has 2 heterocycles. The molecule has 3 aromatic carbocycles. The van der Waals surface area contributed by atoms with Gasteiger partial charge in [-0.3, -0.25) is 9.69 Å². The average molecular weight is 629 g/mol. The van der Waals surface area contributed by atoms with Crippen molar-refractivity contribution in [3.05, 3.63) is 69.2 Å². The summed E-state index contributed by atoms with van der Waals surface area (Å²) in [5.41, 5.74) is 3.88. The normalized spacial score (nSPS) is 18.5. The van der Waals surface area contributed by atoms with Gasteiger partial charge in [0.1, 0.15) is 37.4 Å². The molecule has 0 radical (unpaired) electrons. The van der Waals surface area contributed by atoms with E-state index in [4.69, 9.17) is 30.5 Å². The number of nitrogens with zero attached hydrogens (tertiary/aromatic N) is 1. The number of ether oxygens (including phenoxy) is 4. The summed E-state index contributed by atoms with van der Waals surface area (Å²) in [5, 5.41) is 10.1. The van der Waals surface area contributed by atoms with Crippen LogP contribution in [-0.4, -0.2) is 48.4 Å². The smallest absolute Gasteiger partial charge is 0.320 e. The number of fused-ring (bicyclic) bond motifs is 1. The van der Waals surface area contributed by atoms with E-state index >= 15 is 0 Å². The minimum Gasteiger partial charge on any atom is -0.493 e. The van der Waals surface area contributed by atoms with E-state index in [9.17, 15) is 9.90 Å². The third-order valence-corrected chi connectivity index (χ3v) is 8.86. The van der Waals surface area contributed by atoms with Gasteiger partial charge in [0.2, 0.25) is 0 Å². The Labute approximate surface area is 247 Å². The van der Waals surface area contributed by atoms with Crippen molar-refractivity contribution in [3.63, 3.8) is 0 Å². The van der Waals surface area contributed by atoms with Gasteiger partial charge < -0.3 is 24.1 Å². The Kier molecular flexibility index (Phi) is 8.10. The molecule has 0 bridgehead atoms. The van der Waals surface area contributed by atoms with Crippen molar-refractivity contribution in [2.24, 2.45) is 5.92 Å². The third kappa shape index (κ3) is 6.04. The maximum absolute atomic E-state index is 11.7. The molecule has 2 aliphatic heterocycles. The summed E-state index contributed by atoms with van der Waals surface area (Å²) in [6.45, 7) is 3.24. The fourth-order valence-electron chi connectivity index (χ4n) is 5.23. The van der Waals surface area contributed by atoms with Crippen LogP contribution in [0, 0.1) is 5.92 Å². The van der Waals surface area contributed by atoms with Gasteiger partial charge in [0.05, 0.1) is 11.6 Å². The molecule has 9 heteroatoms. The molecular formula is C31H31BrClNO6. The Morgan fingerprint density at radius 1 is 1.00 bits per heavy atom. The summed E-state index contributed by atoms with van der Waals surface area (Å²) in [5.74, 6) is 2.52. The second-order valence-electron chi connectivity index (χ2n) is 10.5. The van der Waals surface area contributed by atoms with E-state index in [0.717, 1.165) is 51.2 Å². The van der Waals surface area contributed by atoms with Crippen LogP contribution < -0.4 is 18.9 Å². The molecule has 3 aromatic rings. The Bertz CT molecular complexity index is 1410. The molecule has 210 valence electrons. The first-order valence-corrected chi connectivity index (χ1v) is 14.9. The molecule has 40 heavy (non-hydrogen) atoms. The first-order valence-electron chi connectivity index (χ1n) is 13.7. The van der Waals surface area contributed by atoms with Crippen molar-refractivity contribution < 1.29 is 28.8 Å². The molecule has 2 fully saturated rings. The molecule has 1 N–H and O–H groups in total. The van der Waals surface area contributed by atoms with Crippen LogP contribution in [0.5, 0.6) is 23.0 Å². The zero-order chi connectivity index (χ0) is 27.6. The summed E-state index contributed by atoms with van der Waals surface area (Å²) < 4.78 is 24.8. The second kappa shape index (κ2) is 11.9. The van der Waals surface area contributed by atoms with Crippen LogP contribution in [0.15, 0.2) is 53.0 Å². The minimum absolute atomic E-state index is 0.299. The van der Waals surface area contributed by atoms with E-state index in [1.165, 1.54) is 12.8 Å². The zero-order valence-corrected chi connectivity index (χ0v) is 24.4. The van der Waals surface area contributed by atoms with Crippen molar-refractivity contribution in [3.8, 4) is 34.1 Å². The van der Waals surface area contributed by atoms with Gasteiger partial charge in [-0.25, -0.2) is 0 Å². The molecule has 1 saturated carbocycles. The summed E-state index contributed by atoms with van der Waals surface area (Å²) in [6.07, 6.45) is 3.87. The van der Waals surface area contributed by atoms with Crippen LogP contribution >= 0.6 is 27.5 Å². The highest BCUT2D eigenvalue weighted by Gasteiger charge is 2.31. The molecule has 0 aromatic heterocycles. The van der Waals surface area contributed by atoms with Crippen LogP contribution in [-0.2, 0) is 17.9 Å². The van der Waals surface area contributed by atoms with Crippen LogP contribution in [0.4, 0.5) is 0 Å². The third-order valence-electron chi connectivity index (χ3n) is 7.62. The molecule has 1 atom stereocenters. The van der Waals surface area contributed by atoms with E-state index in [-0.39, 0.29) is 0 Å². The number of hydrogen-bond donors (Lipinski definition) is 1. The Morgan fingerprint density at radius 3 is 2.62 bits per heavy atom. The predicted molar refractivity (Wildman–Crippen MR) is 156 cm³/mol. The average Bonchev–Trinajstić information content (AvgIpc) is 3.67. The van der Waals surface area contributed by atoms with E-state index in [2.05, 4.69) is 15.9 Å². The lowest BCUT2D eigenvalue weighted by atomic mass is 10.0. The number of likely N-dealkylation sites (tertiary alicyclic amines) is 1. The molecule has 0 amide bonds. The number of hydrogen-bond acceptors (Lipinski definition) is 6. The molecule has 0 spiro atoms. The number of aliphatic carboxylic acids is 1. The number of carboxylic acids is 1. The highest BCUT2D eigenvalue weighted by molar-refractivity contribution is 9.10. The first kappa shape index (κ1) is 27.2. The maximum Gasteiger partial charge on any atom is 0.320 e. The SMILES string of the molecule is O=C(O)[C@@H]1CCCN1Cc1cc(Cl)c(OCc2cccc(-c3ccc4c(c3)OCCO4)c2Br)cc1OCC1CC1. The molecule has 0 unspecified atom stereocenters. The van der Waals surface area contributed by atoms with Gasteiger partial charge in [-0.2, -0.15) is 0 Å². The van der Waals surface area contributed by atoms with Crippen molar-refractivity contribution >= 4 is 33.5 Å². The lowest BCUT2D eigenvalue weighted by Crippen LogP contribution is -2.35. The lowest BCUT2D eigenvalue weighted by molar-refractivity contribution is -0.142. The van der Waals surface area contributed by atoms with Gasteiger partial charge >= 0.3 is 5.97 Å². The topological polar surface area (TPSA) is 77.5 Å². The Balaban J connectivity index is 1.21. The number of halogens is 2. The van der Waals surface area contributed by atoms with E-state index in [1.54, 1.807) is 0 Å². The highest BCUT2D eigenvalue weighted by Crippen LogP contribution is 2.40. The number of benzene rings is 3. The summed E-state index contributed by atoms with van der Waals surface area (Å²) in [6, 6.07) is 15.2. The van der Waals surface area contributed by atoms with Crippen molar-refractivity contribution in [2.75, 3.05) is 26.4 Å². The van der Waals surface area contributed by atoms with Crippen LogP contribution in [0.2, 0.25) is 5.02 Å². The lowest BCUT2D eigenvalue weighted by Gasteiger charge is -2.23. The number of carboxylic acid groups (broad SMARTS) is 1. The van der Waals surface area contributed by atoms with Gasteiger partial charge in [0.15, 0.2) is 11.5 Å². The minimum atomic E-state index is -0.784. The van der Waals surface area contributed by atoms with Gasteiger partial charge in [-0.05, 0) is 83.4 Å². The van der Waals surface area contributed by atoms with Gasteiger partial charge in [-0.1, -0.05) is 35.9 Å². The van der Waals surface area contributed by atoms with Gasteiger partial charge in [0, 0.05) is 28.2 Å². The van der Waals surface area contributed by atoms with Gasteiger partial charge in [-0.15, -0.1) is 0 Å². The largest absolute Gasteiger partial charge is 0.493 e. The fourth-order valence-corrected chi connectivity index (χ4v) is 6.08. The molecule has 1 saturated heterocycles. The standard InChI is InChI=1S/C31H31BrClNO6/c32-30-21(3-1-4-23(30)20-8-9-26-29(14-20)38-12-11-37-26)18-40-28-15-27(39-17-19-6-7-19)22(13-24(28)33)16-34-10-2-5-25(34)31(35)36/h1,3-4,8-9,13-15,19,25H,2,5-7,10-12,16-18H2,(H,35,36)/t25-/m0/s1. The molecule has 3 aliphatic rings. The summed E-state index contributed by atoms with van der Waals surface area (Å²) in [4.78, 5) is 13.7. The number of rotatable bonds is 10. The molecule has 1 aliphatic carbocycles. The Morgan fingerprint density at radius 2 is 1.82 bits per heavy atom. The fraction of sp³-hybridized carbons (Fsp3) is 0.387. The summed E-state index contributed by atoms with van der Waals surface area (Å²) >= 11 is 10.5. The van der Waals surface area contributed by atoms with Crippen LogP contribution in [0.25, 0.3) is 11.1 Å². The van der Waals surface area contributed by atoms with E-state index in [0.29, 0.717) is 61.8 Å². The van der Waals surface area contributed by atoms with Crippen molar-refractivity contribution in [2.45, 2.75) is 44.9 Å². The first-order chi connectivity index (χ1) is 19.5. The number of carbonyl (C=O) groups is 1. The predicted octanol–water partition coefficient (Wildman–Crippen LogP) is 6.96. The van der Waals surface area contributed by atoms with Gasteiger partial charge in [0.25, 0.3) is 0 Å². The van der Waals surface area contributed by atoms with E-state index < -0.39 is 12.0 Å². The van der Waals surface area contributed by atoms with E-state index in [1.807, 2.05) is 53.4 Å². The second-order valence-corrected chi connectivity index (χ2v) is 11.7. The quantitative estimate of drug-likeness (QED) is 0.260. The molecular weight excluding hydrogens is 598 g/mol. The van der Waals surface area contributed by atoms with Crippen LogP contribution in [0.1, 0.15) is 36.8 Å². The maximum atomic E-state index is 11.7.